The Morgan fingerprint density at radius 2 is 1.81 bits per heavy atom. The van der Waals surface area contributed by atoms with E-state index in [1.54, 1.807) is 0 Å². The number of carbonyl (C=O) groups is 1. The van der Waals surface area contributed by atoms with Crippen molar-refractivity contribution in [3.63, 3.8) is 0 Å². The Hall–Kier alpha value is -2.02. The number of halogens is 3. The molecule has 4 nitrogen and oxygen atoms in total. The van der Waals surface area contributed by atoms with E-state index in [1.807, 2.05) is 44.2 Å². The van der Waals surface area contributed by atoms with Crippen molar-refractivity contribution in [1.82, 2.24) is 5.32 Å². The standard InChI is InChI=1S/C20H23F2NO3.ClH/c1-20(2,14-6-4-3-5-7-14)23-12-17(24)15-10-13(8-9-18(25)26)11-16(21)19(15)22;/h3-7,10-11,17,23-24H,8-9,12H2,1-2H3,(H,25,26);1H/t17-;/m1./s1. The Kier molecular flexibility index (Phi) is 8.34. The van der Waals surface area contributed by atoms with Gasteiger partial charge in [-0.05, 0) is 43.5 Å². The maximum Gasteiger partial charge on any atom is 0.303 e. The van der Waals surface area contributed by atoms with E-state index in [2.05, 4.69) is 5.32 Å². The topological polar surface area (TPSA) is 69.6 Å². The SMILES string of the molecule is CC(C)(NC[C@@H](O)c1cc(CCC(=O)O)cc(F)c1F)c1ccccc1.Cl. The molecule has 3 N–H and O–H groups in total. The lowest BCUT2D eigenvalue weighted by molar-refractivity contribution is -0.136. The maximum absolute atomic E-state index is 14.1. The Bertz CT molecular complexity index is 769. The highest BCUT2D eigenvalue weighted by Crippen LogP contribution is 2.25. The largest absolute Gasteiger partial charge is 0.481 e. The number of aliphatic hydroxyl groups is 1. The van der Waals surface area contributed by atoms with E-state index in [-0.39, 0.29) is 37.4 Å². The number of aliphatic carboxylic acids is 1. The first-order chi connectivity index (χ1) is 12.2. The second-order valence-corrected chi connectivity index (χ2v) is 6.76. The lowest BCUT2D eigenvalue weighted by Crippen LogP contribution is -2.39. The number of rotatable bonds is 8. The number of aliphatic hydroxyl groups excluding tert-OH is 1. The molecule has 0 saturated heterocycles. The van der Waals surface area contributed by atoms with Gasteiger partial charge < -0.3 is 15.5 Å². The second-order valence-electron chi connectivity index (χ2n) is 6.76. The monoisotopic (exact) mass is 399 g/mol. The van der Waals surface area contributed by atoms with Crippen molar-refractivity contribution in [3.8, 4) is 0 Å². The highest BCUT2D eigenvalue weighted by Gasteiger charge is 2.23. The molecule has 27 heavy (non-hydrogen) atoms. The molecule has 0 aliphatic carbocycles. The van der Waals surface area contributed by atoms with E-state index in [1.165, 1.54) is 6.07 Å². The van der Waals surface area contributed by atoms with E-state index in [4.69, 9.17) is 5.11 Å². The minimum absolute atomic E-state index is 0. The first-order valence-electron chi connectivity index (χ1n) is 8.39. The van der Waals surface area contributed by atoms with Gasteiger partial charge >= 0.3 is 5.97 Å². The molecule has 2 aromatic rings. The molecule has 0 amide bonds. The molecule has 0 aliphatic rings. The number of nitrogens with one attached hydrogen (secondary N) is 1. The third kappa shape index (κ3) is 6.27. The number of carboxylic acids is 1. The molecular weight excluding hydrogens is 376 g/mol. The van der Waals surface area contributed by atoms with Crippen molar-refractivity contribution < 1.29 is 23.8 Å². The lowest BCUT2D eigenvalue weighted by atomic mass is 9.93. The predicted octanol–water partition coefficient (Wildman–Crippen LogP) is 3.96. The summed E-state index contributed by atoms with van der Waals surface area (Å²) in [5.41, 5.74) is 0.677. The highest BCUT2D eigenvalue weighted by atomic mass is 35.5. The van der Waals surface area contributed by atoms with Gasteiger partial charge in [0, 0.05) is 24.1 Å². The second kappa shape index (κ2) is 9.78. The molecule has 0 bridgehead atoms. The number of benzene rings is 2. The quantitative estimate of drug-likeness (QED) is 0.628. The van der Waals surface area contributed by atoms with Gasteiger partial charge in [-0.1, -0.05) is 30.3 Å². The molecule has 0 radical (unpaired) electrons. The molecule has 0 unspecified atom stereocenters. The molecule has 7 heteroatoms. The number of hydrogen-bond donors (Lipinski definition) is 3. The summed E-state index contributed by atoms with van der Waals surface area (Å²) in [5.74, 6) is -3.23. The zero-order valence-electron chi connectivity index (χ0n) is 15.2. The molecule has 0 saturated carbocycles. The number of aryl methyl sites for hydroxylation is 1. The van der Waals surface area contributed by atoms with Crippen LogP contribution in [0.1, 0.15) is 43.1 Å². The minimum Gasteiger partial charge on any atom is -0.481 e. The van der Waals surface area contributed by atoms with Crippen molar-refractivity contribution in [3.05, 3.63) is 70.8 Å². The van der Waals surface area contributed by atoms with Gasteiger partial charge in [0.05, 0.1) is 6.10 Å². The molecule has 2 aromatic carbocycles. The average Bonchev–Trinajstić information content (AvgIpc) is 2.61. The van der Waals surface area contributed by atoms with Gasteiger partial charge in [0.15, 0.2) is 11.6 Å². The van der Waals surface area contributed by atoms with Crippen LogP contribution in [-0.2, 0) is 16.8 Å². The molecule has 0 spiro atoms. The van der Waals surface area contributed by atoms with Crippen molar-refractivity contribution in [2.75, 3.05) is 6.54 Å². The van der Waals surface area contributed by atoms with Gasteiger partial charge in [-0.3, -0.25) is 4.79 Å². The number of hydrogen-bond acceptors (Lipinski definition) is 3. The smallest absolute Gasteiger partial charge is 0.303 e. The molecule has 0 heterocycles. The zero-order valence-corrected chi connectivity index (χ0v) is 16.0. The molecule has 0 fully saturated rings. The normalized spacial score (nSPS) is 12.3. The van der Waals surface area contributed by atoms with Crippen LogP contribution in [0.5, 0.6) is 0 Å². The van der Waals surface area contributed by atoms with Gasteiger partial charge in [-0.2, -0.15) is 0 Å². The zero-order chi connectivity index (χ0) is 19.3. The van der Waals surface area contributed by atoms with Crippen molar-refractivity contribution in [2.24, 2.45) is 0 Å². The predicted molar refractivity (Wildman–Crippen MR) is 102 cm³/mol. The van der Waals surface area contributed by atoms with Crippen LogP contribution in [0, 0.1) is 11.6 Å². The van der Waals surface area contributed by atoms with Crippen LogP contribution in [0.4, 0.5) is 8.78 Å². The first kappa shape index (κ1) is 23.0. The van der Waals surface area contributed by atoms with E-state index < -0.39 is 29.2 Å². The van der Waals surface area contributed by atoms with Crippen LogP contribution >= 0.6 is 12.4 Å². The fourth-order valence-corrected chi connectivity index (χ4v) is 2.73. The van der Waals surface area contributed by atoms with Crippen molar-refractivity contribution in [1.29, 1.82) is 0 Å². The van der Waals surface area contributed by atoms with Crippen LogP contribution in [-0.4, -0.2) is 22.7 Å². The van der Waals surface area contributed by atoms with E-state index in [9.17, 15) is 18.7 Å². The summed E-state index contributed by atoms with van der Waals surface area (Å²) in [6, 6.07) is 11.9. The van der Waals surface area contributed by atoms with E-state index in [0.717, 1.165) is 11.6 Å². The van der Waals surface area contributed by atoms with Gasteiger partial charge in [0.25, 0.3) is 0 Å². The summed E-state index contributed by atoms with van der Waals surface area (Å²) >= 11 is 0. The van der Waals surface area contributed by atoms with Gasteiger partial charge in [-0.15, -0.1) is 12.4 Å². The molecule has 0 aromatic heterocycles. The molecule has 0 aliphatic heterocycles. The Morgan fingerprint density at radius 3 is 2.41 bits per heavy atom. The summed E-state index contributed by atoms with van der Waals surface area (Å²) in [5, 5.41) is 22.2. The Balaban J connectivity index is 0.00000364. The summed E-state index contributed by atoms with van der Waals surface area (Å²) in [6.07, 6.45) is -1.40. The van der Waals surface area contributed by atoms with E-state index in [0.29, 0.717) is 5.56 Å². The van der Waals surface area contributed by atoms with Gasteiger partial charge in [0.2, 0.25) is 0 Å². The van der Waals surface area contributed by atoms with E-state index >= 15 is 0 Å². The van der Waals surface area contributed by atoms with Crippen LogP contribution in [0.15, 0.2) is 42.5 Å². The van der Waals surface area contributed by atoms with Crippen LogP contribution in [0.2, 0.25) is 0 Å². The summed E-state index contributed by atoms with van der Waals surface area (Å²) in [6.45, 7) is 3.87. The summed E-state index contributed by atoms with van der Waals surface area (Å²) in [7, 11) is 0. The first-order valence-corrected chi connectivity index (χ1v) is 8.39. The molecule has 2 rings (SSSR count). The molecule has 148 valence electrons. The maximum atomic E-state index is 14.1. The highest BCUT2D eigenvalue weighted by molar-refractivity contribution is 5.85. The van der Waals surface area contributed by atoms with Crippen molar-refractivity contribution >= 4 is 18.4 Å². The van der Waals surface area contributed by atoms with Gasteiger partial charge in [-0.25, -0.2) is 8.78 Å². The number of carboxylic acid groups (broad SMARTS) is 1. The molecule has 1 atom stereocenters. The summed E-state index contributed by atoms with van der Waals surface area (Å²) in [4.78, 5) is 10.7. The van der Waals surface area contributed by atoms with Gasteiger partial charge in [0.1, 0.15) is 0 Å². The fraction of sp³-hybridized carbons (Fsp3) is 0.350. The van der Waals surface area contributed by atoms with Crippen LogP contribution in [0.3, 0.4) is 0 Å². The third-order valence-electron chi connectivity index (χ3n) is 4.34. The van der Waals surface area contributed by atoms with Crippen LogP contribution in [0.25, 0.3) is 0 Å². The van der Waals surface area contributed by atoms with Crippen molar-refractivity contribution in [2.45, 2.75) is 38.3 Å². The third-order valence-corrected chi connectivity index (χ3v) is 4.34. The minimum atomic E-state index is -1.27. The molecular formula is C20H24ClF2NO3. The van der Waals surface area contributed by atoms with Crippen LogP contribution < -0.4 is 5.32 Å². The average molecular weight is 400 g/mol. The Morgan fingerprint density at radius 1 is 1.19 bits per heavy atom. The lowest BCUT2D eigenvalue weighted by Gasteiger charge is -2.28. The summed E-state index contributed by atoms with van der Waals surface area (Å²) < 4.78 is 27.9. The Labute approximate surface area is 163 Å². The fourth-order valence-electron chi connectivity index (χ4n) is 2.73.